The van der Waals surface area contributed by atoms with Gasteiger partial charge in [0.25, 0.3) is 0 Å². The molecule has 0 aliphatic carbocycles. The predicted octanol–water partition coefficient (Wildman–Crippen LogP) is 2.59. The van der Waals surface area contributed by atoms with Crippen LogP contribution in [0.3, 0.4) is 0 Å². The lowest BCUT2D eigenvalue weighted by Crippen LogP contribution is -2.27. The molecule has 106 valence electrons. The molecule has 2 aromatic rings. The van der Waals surface area contributed by atoms with Gasteiger partial charge < -0.3 is 10.1 Å². The summed E-state index contributed by atoms with van der Waals surface area (Å²) < 4.78 is 5.42. The summed E-state index contributed by atoms with van der Waals surface area (Å²) in [6.07, 6.45) is 2.09. The van der Waals surface area contributed by atoms with Crippen molar-refractivity contribution in [1.82, 2.24) is 20.3 Å². The maximum atomic E-state index is 11.5. The van der Waals surface area contributed by atoms with Gasteiger partial charge in [0.1, 0.15) is 6.04 Å². The van der Waals surface area contributed by atoms with E-state index in [0.717, 1.165) is 5.56 Å². The highest BCUT2D eigenvalue weighted by molar-refractivity contribution is 6.30. The number of benzene rings is 1. The Bertz CT molecular complexity index is 574. The van der Waals surface area contributed by atoms with Crippen molar-refractivity contribution < 1.29 is 9.53 Å². The number of amides is 1. The Kier molecular flexibility index (Phi) is 4.57. The van der Waals surface area contributed by atoms with Crippen molar-refractivity contribution in [2.45, 2.75) is 19.1 Å². The number of rotatable bonds is 4. The average molecular weight is 295 g/mol. The number of hydrogen-bond acceptors (Lipinski definition) is 4. The van der Waals surface area contributed by atoms with Gasteiger partial charge in [0.05, 0.1) is 12.4 Å². The number of carbonyl (C=O) groups excluding carboxylic acids is 1. The van der Waals surface area contributed by atoms with E-state index in [1.165, 1.54) is 11.8 Å². The Morgan fingerprint density at radius 2 is 2.10 bits per heavy atom. The number of aromatic nitrogens is 3. The third-order valence-corrected chi connectivity index (χ3v) is 3.09. The van der Waals surface area contributed by atoms with Gasteiger partial charge in [0.15, 0.2) is 6.10 Å². The second-order valence-corrected chi connectivity index (χ2v) is 4.66. The fourth-order valence-corrected chi connectivity index (χ4v) is 2.06. The van der Waals surface area contributed by atoms with E-state index in [0.29, 0.717) is 5.02 Å². The van der Waals surface area contributed by atoms with Crippen molar-refractivity contribution >= 4 is 17.7 Å². The SMILES string of the molecule is CNC(=O)OC(c1cccc(Cl)c1)C(C)n1nccn1. The van der Waals surface area contributed by atoms with E-state index in [4.69, 9.17) is 16.3 Å². The number of ether oxygens (including phenoxy) is 1. The quantitative estimate of drug-likeness (QED) is 0.941. The van der Waals surface area contributed by atoms with Crippen molar-refractivity contribution in [3.63, 3.8) is 0 Å². The van der Waals surface area contributed by atoms with Gasteiger partial charge in [-0.2, -0.15) is 15.0 Å². The lowest BCUT2D eigenvalue weighted by Gasteiger charge is -2.23. The summed E-state index contributed by atoms with van der Waals surface area (Å²) in [5, 5.41) is 11.2. The smallest absolute Gasteiger partial charge is 0.407 e. The fourth-order valence-electron chi connectivity index (χ4n) is 1.86. The van der Waals surface area contributed by atoms with Crippen LogP contribution in [-0.4, -0.2) is 28.1 Å². The molecular weight excluding hydrogens is 280 g/mol. The second-order valence-electron chi connectivity index (χ2n) is 4.22. The van der Waals surface area contributed by atoms with Gasteiger partial charge in [0, 0.05) is 12.1 Å². The van der Waals surface area contributed by atoms with E-state index < -0.39 is 12.2 Å². The molecule has 7 heteroatoms. The molecule has 1 heterocycles. The molecule has 2 unspecified atom stereocenters. The van der Waals surface area contributed by atoms with E-state index in [2.05, 4.69) is 15.5 Å². The van der Waals surface area contributed by atoms with Crippen LogP contribution >= 0.6 is 11.6 Å². The first-order valence-electron chi connectivity index (χ1n) is 6.11. The van der Waals surface area contributed by atoms with E-state index in [1.54, 1.807) is 30.6 Å². The molecule has 0 spiro atoms. The van der Waals surface area contributed by atoms with Crippen LogP contribution in [0, 0.1) is 0 Å². The van der Waals surface area contributed by atoms with Crippen LogP contribution in [0.2, 0.25) is 5.02 Å². The van der Waals surface area contributed by atoms with Crippen molar-refractivity contribution in [1.29, 1.82) is 0 Å². The summed E-state index contributed by atoms with van der Waals surface area (Å²) in [4.78, 5) is 13.0. The second kappa shape index (κ2) is 6.38. The summed E-state index contributed by atoms with van der Waals surface area (Å²) in [7, 11) is 1.51. The Morgan fingerprint density at radius 3 is 2.70 bits per heavy atom. The van der Waals surface area contributed by atoms with Crippen LogP contribution in [0.15, 0.2) is 36.7 Å². The molecule has 0 fully saturated rings. The zero-order valence-corrected chi connectivity index (χ0v) is 11.9. The van der Waals surface area contributed by atoms with Crippen molar-refractivity contribution in [2.75, 3.05) is 7.05 Å². The van der Waals surface area contributed by atoms with Gasteiger partial charge >= 0.3 is 6.09 Å². The number of carbonyl (C=O) groups is 1. The number of nitrogens with zero attached hydrogens (tertiary/aromatic N) is 3. The van der Waals surface area contributed by atoms with Crippen molar-refractivity contribution in [3.8, 4) is 0 Å². The third-order valence-electron chi connectivity index (χ3n) is 2.85. The van der Waals surface area contributed by atoms with Crippen LogP contribution in [0.1, 0.15) is 24.6 Å². The summed E-state index contributed by atoms with van der Waals surface area (Å²) in [6, 6.07) is 6.91. The highest BCUT2D eigenvalue weighted by Gasteiger charge is 2.26. The number of halogens is 1. The van der Waals surface area contributed by atoms with E-state index in [1.807, 2.05) is 13.0 Å². The minimum absolute atomic E-state index is 0.263. The molecule has 20 heavy (non-hydrogen) atoms. The van der Waals surface area contributed by atoms with Crippen LogP contribution in [0.25, 0.3) is 0 Å². The zero-order chi connectivity index (χ0) is 14.5. The minimum Gasteiger partial charge on any atom is -0.439 e. The number of nitrogens with one attached hydrogen (secondary N) is 1. The molecule has 2 atom stereocenters. The van der Waals surface area contributed by atoms with Gasteiger partial charge in [-0.05, 0) is 24.6 Å². The van der Waals surface area contributed by atoms with E-state index in [-0.39, 0.29) is 6.04 Å². The van der Waals surface area contributed by atoms with E-state index >= 15 is 0 Å². The lowest BCUT2D eigenvalue weighted by atomic mass is 10.0. The Labute approximate surface area is 121 Å². The summed E-state index contributed by atoms with van der Waals surface area (Å²) in [5.41, 5.74) is 0.783. The molecule has 0 saturated heterocycles. The molecule has 1 amide bonds. The summed E-state index contributed by atoms with van der Waals surface area (Å²) in [5.74, 6) is 0. The molecular formula is C13H15ClN4O2. The monoisotopic (exact) mass is 294 g/mol. The molecule has 0 saturated carbocycles. The highest BCUT2D eigenvalue weighted by atomic mass is 35.5. The van der Waals surface area contributed by atoms with Gasteiger partial charge in [-0.1, -0.05) is 23.7 Å². The Morgan fingerprint density at radius 1 is 1.40 bits per heavy atom. The van der Waals surface area contributed by atoms with Crippen molar-refractivity contribution in [3.05, 3.63) is 47.2 Å². The van der Waals surface area contributed by atoms with Crippen LogP contribution in [0.4, 0.5) is 4.79 Å². The van der Waals surface area contributed by atoms with Crippen LogP contribution < -0.4 is 5.32 Å². The van der Waals surface area contributed by atoms with Gasteiger partial charge in [0.2, 0.25) is 0 Å². The molecule has 6 nitrogen and oxygen atoms in total. The topological polar surface area (TPSA) is 69.0 Å². The van der Waals surface area contributed by atoms with Crippen LogP contribution in [-0.2, 0) is 4.74 Å². The lowest BCUT2D eigenvalue weighted by molar-refractivity contribution is 0.0627. The molecule has 1 aromatic heterocycles. The largest absolute Gasteiger partial charge is 0.439 e. The van der Waals surface area contributed by atoms with Gasteiger partial charge in [-0.3, -0.25) is 0 Å². The Balaban J connectivity index is 2.31. The summed E-state index contributed by atoms with van der Waals surface area (Å²) >= 11 is 5.99. The number of alkyl carbamates (subject to hydrolysis) is 1. The maximum absolute atomic E-state index is 11.5. The normalized spacial score (nSPS) is 13.6. The maximum Gasteiger partial charge on any atom is 0.407 e. The van der Waals surface area contributed by atoms with Crippen molar-refractivity contribution in [2.24, 2.45) is 0 Å². The number of hydrogen-bond donors (Lipinski definition) is 1. The molecule has 0 radical (unpaired) electrons. The zero-order valence-electron chi connectivity index (χ0n) is 11.2. The van der Waals surface area contributed by atoms with Crippen LogP contribution in [0.5, 0.6) is 0 Å². The molecule has 0 aliphatic rings. The Hall–Kier alpha value is -2.08. The molecule has 0 aliphatic heterocycles. The van der Waals surface area contributed by atoms with E-state index in [9.17, 15) is 4.79 Å². The third kappa shape index (κ3) is 3.27. The summed E-state index contributed by atoms with van der Waals surface area (Å²) in [6.45, 7) is 1.87. The molecule has 0 bridgehead atoms. The highest BCUT2D eigenvalue weighted by Crippen LogP contribution is 2.30. The standard InChI is InChI=1S/C13H15ClN4O2/c1-9(18-16-6-7-17-18)12(20-13(19)15-2)10-4-3-5-11(14)8-10/h3-9,12H,1-2H3,(H,15,19). The van der Waals surface area contributed by atoms with Gasteiger partial charge in [-0.15, -0.1) is 0 Å². The van der Waals surface area contributed by atoms with Gasteiger partial charge in [-0.25, -0.2) is 4.79 Å². The minimum atomic E-state index is -0.541. The molecule has 1 aromatic carbocycles. The molecule has 2 rings (SSSR count). The molecule has 1 N–H and O–H groups in total. The first kappa shape index (κ1) is 14.3. The average Bonchev–Trinajstić information content (AvgIpc) is 2.97. The fraction of sp³-hybridized carbons (Fsp3) is 0.308. The first-order chi connectivity index (χ1) is 9.61. The predicted molar refractivity (Wildman–Crippen MR) is 74.5 cm³/mol. The first-order valence-corrected chi connectivity index (χ1v) is 6.49.